The van der Waals surface area contributed by atoms with Crippen molar-refractivity contribution in [3.8, 4) is 0 Å². The van der Waals surface area contributed by atoms with Crippen LogP contribution in [0.1, 0.15) is 44.7 Å². The lowest BCUT2D eigenvalue weighted by Crippen LogP contribution is -2.57. The summed E-state index contributed by atoms with van der Waals surface area (Å²) in [6.45, 7) is 14.4. The fraction of sp³-hybridized carbons (Fsp3) is 0.667. The maximum absolute atomic E-state index is 12.8. The maximum Gasteiger partial charge on any atom is 0.239 e. The Morgan fingerprint density at radius 2 is 1.71 bits per heavy atom. The first-order chi connectivity index (χ1) is 15.1. The van der Waals surface area contributed by atoms with Gasteiger partial charge in [-0.25, -0.2) is 4.99 Å². The first kappa shape index (κ1) is 23.5. The van der Waals surface area contributed by atoms with Crippen LogP contribution in [-0.4, -0.2) is 85.0 Å². The quantitative estimate of drug-likeness (QED) is 0.508. The number of carbonyl (C=O) groups is 1. The summed E-state index contributed by atoms with van der Waals surface area (Å²) in [4.78, 5) is 24.3. The first-order valence-corrected chi connectivity index (χ1v) is 11.8. The van der Waals surface area contributed by atoms with E-state index in [2.05, 4.69) is 53.2 Å². The molecule has 0 saturated carbocycles. The van der Waals surface area contributed by atoms with Gasteiger partial charge < -0.3 is 19.9 Å². The fourth-order valence-corrected chi connectivity index (χ4v) is 4.33. The summed E-state index contributed by atoms with van der Waals surface area (Å²) in [6, 6.07) is 8.32. The molecule has 1 aromatic carbocycles. The number of amides is 1. The number of nitrogens with one attached hydrogen (secondary N) is 1. The van der Waals surface area contributed by atoms with Crippen LogP contribution < -0.4 is 5.32 Å². The zero-order chi connectivity index (χ0) is 22.1. The molecule has 1 unspecified atom stereocenters. The van der Waals surface area contributed by atoms with Crippen molar-refractivity contribution >= 4 is 11.9 Å². The number of nitrogens with zero attached hydrogens (tertiary/aromatic N) is 4. The van der Waals surface area contributed by atoms with Gasteiger partial charge in [0, 0.05) is 52.4 Å². The lowest BCUT2D eigenvalue weighted by molar-refractivity contribution is -0.135. The Bertz CT molecular complexity index is 724. The van der Waals surface area contributed by atoms with Crippen LogP contribution in [0, 0.1) is 0 Å². The Morgan fingerprint density at radius 3 is 2.35 bits per heavy atom. The molecule has 2 aliphatic rings. The highest BCUT2D eigenvalue weighted by Crippen LogP contribution is 2.15. The van der Waals surface area contributed by atoms with Crippen LogP contribution in [0.3, 0.4) is 0 Å². The largest absolute Gasteiger partial charge is 0.377 e. The molecule has 3 rings (SSSR count). The molecule has 0 aliphatic carbocycles. The molecule has 1 N–H and O–H groups in total. The Hall–Kier alpha value is -2.12. The highest BCUT2D eigenvalue weighted by Gasteiger charge is 2.30. The van der Waals surface area contributed by atoms with Crippen LogP contribution >= 0.6 is 0 Å². The van der Waals surface area contributed by atoms with E-state index in [4.69, 9.17) is 9.73 Å². The molecule has 2 heterocycles. The summed E-state index contributed by atoms with van der Waals surface area (Å²) in [5, 5.41) is 3.45. The van der Waals surface area contributed by atoms with E-state index in [1.807, 2.05) is 11.8 Å². The fourth-order valence-electron chi connectivity index (χ4n) is 4.33. The first-order valence-electron chi connectivity index (χ1n) is 11.8. The van der Waals surface area contributed by atoms with Crippen molar-refractivity contribution in [1.82, 2.24) is 20.0 Å². The molecule has 1 atom stereocenters. The normalized spacial score (nSPS) is 19.0. The van der Waals surface area contributed by atoms with E-state index < -0.39 is 0 Å². The second-order valence-corrected chi connectivity index (χ2v) is 8.31. The van der Waals surface area contributed by atoms with Crippen molar-refractivity contribution < 1.29 is 9.53 Å². The van der Waals surface area contributed by atoms with Gasteiger partial charge in [-0.2, -0.15) is 0 Å². The predicted octanol–water partition coefficient (Wildman–Crippen LogP) is 2.32. The summed E-state index contributed by atoms with van der Waals surface area (Å²) in [6.07, 6.45) is 2.28. The number of piperazine rings is 1. The summed E-state index contributed by atoms with van der Waals surface area (Å²) in [7, 11) is 0. The number of rotatable bonds is 8. The number of guanidine groups is 1. The van der Waals surface area contributed by atoms with Gasteiger partial charge in [0.25, 0.3) is 0 Å². The van der Waals surface area contributed by atoms with Crippen molar-refractivity contribution in [2.24, 2.45) is 4.99 Å². The molecular formula is C24H39N5O2. The Morgan fingerprint density at radius 1 is 1.03 bits per heavy atom. The lowest BCUT2D eigenvalue weighted by atomic mass is 10.1. The van der Waals surface area contributed by atoms with Crippen molar-refractivity contribution in [2.75, 3.05) is 52.4 Å². The van der Waals surface area contributed by atoms with Gasteiger partial charge >= 0.3 is 0 Å². The zero-order valence-corrected chi connectivity index (χ0v) is 19.5. The van der Waals surface area contributed by atoms with E-state index in [0.717, 1.165) is 64.6 Å². The number of benzene rings is 1. The number of ether oxygens (including phenoxy) is 1. The smallest absolute Gasteiger partial charge is 0.239 e. The molecule has 7 nitrogen and oxygen atoms in total. The average molecular weight is 430 g/mol. The van der Waals surface area contributed by atoms with Crippen LogP contribution in [0.4, 0.5) is 0 Å². The molecule has 7 heteroatoms. The lowest BCUT2D eigenvalue weighted by Gasteiger charge is -2.39. The second kappa shape index (κ2) is 12.1. The van der Waals surface area contributed by atoms with Crippen molar-refractivity contribution in [1.29, 1.82) is 0 Å². The van der Waals surface area contributed by atoms with Gasteiger partial charge in [-0.3, -0.25) is 9.69 Å². The summed E-state index contributed by atoms with van der Waals surface area (Å²) < 4.78 is 5.61. The highest BCUT2D eigenvalue weighted by molar-refractivity contribution is 5.82. The number of hydrogen-bond donors (Lipinski definition) is 1. The van der Waals surface area contributed by atoms with E-state index in [1.54, 1.807) is 0 Å². The molecule has 0 radical (unpaired) electrons. The minimum Gasteiger partial charge on any atom is -0.377 e. The molecule has 31 heavy (non-hydrogen) atoms. The third-order valence-electron chi connectivity index (χ3n) is 6.25. The predicted molar refractivity (Wildman–Crippen MR) is 125 cm³/mol. The molecule has 1 amide bonds. The van der Waals surface area contributed by atoms with Gasteiger partial charge in [0.15, 0.2) is 5.96 Å². The van der Waals surface area contributed by atoms with Crippen LogP contribution in [0.25, 0.3) is 0 Å². The summed E-state index contributed by atoms with van der Waals surface area (Å²) in [5.41, 5.74) is 2.40. The minimum absolute atomic E-state index is 0.0368. The van der Waals surface area contributed by atoms with Gasteiger partial charge in [-0.05, 0) is 44.7 Å². The van der Waals surface area contributed by atoms with E-state index in [1.165, 1.54) is 11.1 Å². The monoisotopic (exact) mass is 429 g/mol. The third-order valence-corrected chi connectivity index (χ3v) is 6.25. The van der Waals surface area contributed by atoms with Crippen molar-refractivity contribution in [3.05, 3.63) is 35.4 Å². The third kappa shape index (κ3) is 6.43. The highest BCUT2D eigenvalue weighted by atomic mass is 16.5. The van der Waals surface area contributed by atoms with Gasteiger partial charge in [0.05, 0.1) is 19.2 Å². The summed E-state index contributed by atoms with van der Waals surface area (Å²) >= 11 is 0. The summed E-state index contributed by atoms with van der Waals surface area (Å²) in [5.74, 6) is 1.24. The van der Waals surface area contributed by atoms with Crippen LogP contribution in [0.5, 0.6) is 0 Å². The number of hydrogen-bond acceptors (Lipinski definition) is 4. The number of likely N-dealkylation sites (tertiary alicyclic amines) is 1. The van der Waals surface area contributed by atoms with Crippen molar-refractivity contribution in [2.45, 2.75) is 52.8 Å². The van der Waals surface area contributed by atoms with E-state index in [-0.39, 0.29) is 11.9 Å². The maximum atomic E-state index is 12.8. The van der Waals surface area contributed by atoms with Crippen LogP contribution in [-0.2, 0) is 22.7 Å². The molecule has 2 saturated heterocycles. The van der Waals surface area contributed by atoms with Crippen molar-refractivity contribution in [3.63, 3.8) is 0 Å². The SMILES string of the molecule is CCNC(=NCc1ccccc1COCC)N1CCN(C(C)C(=O)N2CCCC2)CC1. The van der Waals surface area contributed by atoms with Crippen LogP contribution in [0.2, 0.25) is 0 Å². The van der Waals surface area contributed by atoms with E-state index >= 15 is 0 Å². The molecule has 0 bridgehead atoms. The van der Waals surface area contributed by atoms with E-state index in [0.29, 0.717) is 19.8 Å². The van der Waals surface area contributed by atoms with Gasteiger partial charge in [-0.1, -0.05) is 24.3 Å². The van der Waals surface area contributed by atoms with Gasteiger partial charge in [0.1, 0.15) is 0 Å². The molecular weight excluding hydrogens is 390 g/mol. The second-order valence-electron chi connectivity index (χ2n) is 8.31. The molecule has 0 aromatic heterocycles. The van der Waals surface area contributed by atoms with Gasteiger partial charge in [-0.15, -0.1) is 0 Å². The minimum atomic E-state index is -0.0368. The van der Waals surface area contributed by atoms with Crippen LogP contribution in [0.15, 0.2) is 29.3 Å². The van der Waals surface area contributed by atoms with E-state index in [9.17, 15) is 4.79 Å². The van der Waals surface area contributed by atoms with Gasteiger partial charge in [0.2, 0.25) is 5.91 Å². The topological polar surface area (TPSA) is 60.4 Å². The zero-order valence-electron chi connectivity index (χ0n) is 19.5. The molecule has 2 aliphatic heterocycles. The number of aliphatic imine (C=N–C) groups is 1. The molecule has 0 spiro atoms. The molecule has 172 valence electrons. The number of carbonyl (C=O) groups excluding carboxylic acids is 1. The molecule has 2 fully saturated rings. The Balaban J connectivity index is 1.58. The average Bonchev–Trinajstić information content (AvgIpc) is 3.35. The molecule has 1 aromatic rings. The Kier molecular flexibility index (Phi) is 9.15. The standard InChI is InChI=1S/C24H39N5O2/c1-4-25-24(26-18-21-10-6-7-11-22(21)19-31-5-2)29-16-14-27(15-17-29)20(3)23(30)28-12-8-9-13-28/h6-7,10-11,20H,4-5,8-9,12-19H2,1-3H3,(H,25,26). The Labute approximate surface area is 187 Å².